The molecule has 31 heavy (non-hydrogen) atoms. The molecular formula is C23H23FN6O. The average Bonchev–Trinajstić information content (AvgIpc) is 3.01. The van der Waals surface area contributed by atoms with Crippen LogP contribution in [0.3, 0.4) is 0 Å². The van der Waals surface area contributed by atoms with Crippen LogP contribution in [0.4, 0.5) is 10.2 Å². The highest BCUT2D eigenvalue weighted by atomic mass is 19.1. The second-order valence-electron chi connectivity index (χ2n) is 7.69. The molecule has 4 rings (SSSR count). The lowest BCUT2D eigenvalue weighted by Gasteiger charge is -2.07. The van der Waals surface area contributed by atoms with Gasteiger partial charge in [0.05, 0.1) is 17.2 Å². The zero-order chi connectivity index (χ0) is 22.0. The number of hydrogen-bond donors (Lipinski definition) is 2. The van der Waals surface area contributed by atoms with E-state index in [-0.39, 0.29) is 23.1 Å². The van der Waals surface area contributed by atoms with Crippen LogP contribution >= 0.6 is 0 Å². The second kappa shape index (κ2) is 8.51. The van der Waals surface area contributed by atoms with Crippen LogP contribution in [0, 0.1) is 11.7 Å². The Hall–Kier alpha value is -3.81. The second-order valence-corrected chi connectivity index (χ2v) is 7.69. The molecule has 3 N–H and O–H groups in total. The van der Waals surface area contributed by atoms with Gasteiger partial charge in [-0.2, -0.15) is 9.78 Å². The van der Waals surface area contributed by atoms with Crippen LogP contribution in [-0.2, 0) is 0 Å². The van der Waals surface area contributed by atoms with Gasteiger partial charge in [0.25, 0.3) is 5.91 Å². The Kier molecular flexibility index (Phi) is 5.62. The van der Waals surface area contributed by atoms with Crippen LogP contribution < -0.4 is 11.1 Å². The molecule has 0 aliphatic carbocycles. The van der Waals surface area contributed by atoms with Gasteiger partial charge in [0, 0.05) is 6.54 Å². The monoisotopic (exact) mass is 418 g/mol. The number of nitrogens with one attached hydrogen (secondary N) is 1. The number of hydrogen-bond acceptors (Lipinski definition) is 5. The van der Waals surface area contributed by atoms with E-state index in [1.165, 1.54) is 23.0 Å². The molecule has 0 aliphatic rings. The van der Waals surface area contributed by atoms with Crippen LogP contribution in [0.1, 0.15) is 36.2 Å². The van der Waals surface area contributed by atoms with Crippen molar-refractivity contribution >= 4 is 40.1 Å². The summed E-state index contributed by atoms with van der Waals surface area (Å²) >= 11 is 0. The lowest BCUT2D eigenvalue weighted by Crippen LogP contribution is -2.26. The number of nitrogen functional groups attached to an aromatic ring is 1. The molecule has 0 unspecified atom stereocenters. The van der Waals surface area contributed by atoms with Gasteiger partial charge in [0.1, 0.15) is 22.7 Å². The third-order valence-corrected chi connectivity index (χ3v) is 4.90. The van der Waals surface area contributed by atoms with Crippen molar-refractivity contribution < 1.29 is 9.18 Å². The van der Waals surface area contributed by atoms with Gasteiger partial charge < -0.3 is 11.1 Å². The van der Waals surface area contributed by atoms with Crippen molar-refractivity contribution in [1.82, 2.24) is 20.0 Å². The van der Waals surface area contributed by atoms with E-state index in [1.807, 2.05) is 24.3 Å². The van der Waals surface area contributed by atoms with E-state index in [0.29, 0.717) is 40.2 Å². The average molecular weight is 418 g/mol. The minimum atomic E-state index is -0.333. The Labute approximate surface area is 178 Å². The van der Waals surface area contributed by atoms with Crippen molar-refractivity contribution in [3.05, 3.63) is 65.5 Å². The van der Waals surface area contributed by atoms with E-state index in [0.717, 1.165) is 6.42 Å². The molecule has 0 saturated heterocycles. The first kappa shape index (κ1) is 20.5. The van der Waals surface area contributed by atoms with Crippen molar-refractivity contribution in [2.24, 2.45) is 11.0 Å². The number of carbonyl (C=O) groups is 1. The Balaban J connectivity index is 1.82. The van der Waals surface area contributed by atoms with Crippen molar-refractivity contribution in [3.8, 4) is 0 Å². The first-order chi connectivity index (χ1) is 14.9. The van der Waals surface area contributed by atoms with Gasteiger partial charge in [-0.25, -0.2) is 14.4 Å². The number of nitrogens with two attached hydrogens (primary N) is 1. The number of nitrogens with zero attached hydrogens (tertiary/aromatic N) is 4. The van der Waals surface area contributed by atoms with E-state index in [2.05, 4.69) is 34.2 Å². The maximum Gasteiger partial charge on any atom is 0.257 e. The molecule has 7 nitrogen and oxygen atoms in total. The van der Waals surface area contributed by atoms with Gasteiger partial charge in [-0.1, -0.05) is 38.1 Å². The highest BCUT2D eigenvalue weighted by Crippen LogP contribution is 2.27. The van der Waals surface area contributed by atoms with E-state index in [9.17, 15) is 9.18 Å². The van der Waals surface area contributed by atoms with Gasteiger partial charge in [0.2, 0.25) is 0 Å². The highest BCUT2D eigenvalue weighted by Gasteiger charge is 2.23. The van der Waals surface area contributed by atoms with Gasteiger partial charge in [-0.15, -0.1) is 0 Å². The van der Waals surface area contributed by atoms with Crippen LogP contribution in [0.5, 0.6) is 0 Å². The molecule has 0 aliphatic heterocycles. The number of benzene rings is 2. The molecule has 2 heterocycles. The third-order valence-electron chi connectivity index (χ3n) is 4.90. The Morgan fingerprint density at radius 2 is 1.84 bits per heavy atom. The number of fused-ring (bicyclic) bond motifs is 2. The van der Waals surface area contributed by atoms with Crippen molar-refractivity contribution in [3.63, 3.8) is 0 Å². The summed E-state index contributed by atoms with van der Waals surface area (Å²) in [6, 6.07) is 13.3. The molecule has 0 spiro atoms. The lowest BCUT2D eigenvalue weighted by molar-refractivity contribution is 0.0954. The maximum atomic E-state index is 13.2. The molecule has 4 aromatic rings. The fraction of sp³-hybridized carbons (Fsp3) is 0.217. The summed E-state index contributed by atoms with van der Waals surface area (Å²) < 4.78 is 14.6. The number of rotatable bonds is 6. The van der Waals surface area contributed by atoms with Crippen molar-refractivity contribution in [2.45, 2.75) is 20.3 Å². The summed E-state index contributed by atoms with van der Waals surface area (Å²) in [5, 5.41) is 7.33. The quantitative estimate of drug-likeness (QED) is 0.463. The van der Waals surface area contributed by atoms with Gasteiger partial charge in [-0.05, 0) is 42.2 Å². The SMILES string of the molecule is CC(C)CCNC(=O)c1c(N)n(N=Cc2ccc(F)cc2)c2nc3ccccc3nc12. The van der Waals surface area contributed by atoms with Crippen LogP contribution in [0.2, 0.25) is 0 Å². The van der Waals surface area contributed by atoms with Crippen molar-refractivity contribution in [1.29, 1.82) is 0 Å². The van der Waals surface area contributed by atoms with Gasteiger partial charge in [-0.3, -0.25) is 4.79 Å². The number of anilines is 1. The molecule has 1 amide bonds. The zero-order valence-electron chi connectivity index (χ0n) is 17.3. The minimum absolute atomic E-state index is 0.144. The summed E-state index contributed by atoms with van der Waals surface area (Å²) in [6.45, 7) is 4.71. The molecule has 0 atom stereocenters. The summed E-state index contributed by atoms with van der Waals surface area (Å²) in [6.07, 6.45) is 2.38. The third kappa shape index (κ3) is 4.23. The Morgan fingerprint density at radius 1 is 1.16 bits per heavy atom. The van der Waals surface area contributed by atoms with E-state index in [1.54, 1.807) is 12.1 Å². The number of para-hydroxylation sites is 2. The maximum absolute atomic E-state index is 13.2. The molecular weight excluding hydrogens is 395 g/mol. The van der Waals surface area contributed by atoms with Gasteiger partial charge in [0.15, 0.2) is 5.65 Å². The van der Waals surface area contributed by atoms with Crippen molar-refractivity contribution in [2.75, 3.05) is 12.3 Å². The molecule has 2 aromatic heterocycles. The molecule has 0 bridgehead atoms. The molecule has 2 aromatic carbocycles. The largest absolute Gasteiger partial charge is 0.383 e. The molecule has 8 heteroatoms. The summed E-state index contributed by atoms with van der Waals surface area (Å²) in [5.41, 5.74) is 9.36. The predicted octanol–water partition coefficient (Wildman–Crippen LogP) is 3.96. The summed E-state index contributed by atoms with van der Waals surface area (Å²) in [5.74, 6) is -0.0435. The highest BCUT2D eigenvalue weighted by molar-refractivity contribution is 6.10. The van der Waals surface area contributed by atoms with Gasteiger partial charge >= 0.3 is 0 Å². The lowest BCUT2D eigenvalue weighted by atomic mass is 10.1. The number of amides is 1. The first-order valence-corrected chi connectivity index (χ1v) is 10.1. The molecule has 0 saturated carbocycles. The number of carbonyl (C=O) groups excluding carboxylic acids is 1. The topological polar surface area (TPSA) is 98.2 Å². The number of aromatic nitrogens is 3. The Morgan fingerprint density at radius 3 is 2.52 bits per heavy atom. The Bertz CT molecular complexity index is 1280. The minimum Gasteiger partial charge on any atom is -0.383 e. The summed E-state index contributed by atoms with van der Waals surface area (Å²) in [7, 11) is 0. The first-order valence-electron chi connectivity index (χ1n) is 10.1. The summed E-state index contributed by atoms with van der Waals surface area (Å²) in [4.78, 5) is 22.2. The predicted molar refractivity (Wildman–Crippen MR) is 121 cm³/mol. The molecule has 158 valence electrons. The fourth-order valence-electron chi connectivity index (χ4n) is 3.22. The zero-order valence-corrected chi connectivity index (χ0v) is 17.3. The smallest absolute Gasteiger partial charge is 0.257 e. The van der Waals surface area contributed by atoms with Crippen LogP contribution in [-0.4, -0.2) is 33.3 Å². The fourth-order valence-corrected chi connectivity index (χ4v) is 3.22. The molecule has 0 fully saturated rings. The number of halogens is 1. The standard InChI is InChI=1S/C23H23FN6O/c1-14(2)11-12-26-23(31)19-20-22(29-18-6-4-3-5-17(18)28-20)30(21(19)25)27-13-15-7-9-16(24)10-8-15/h3-10,13-14H,11-12,25H2,1-2H3,(H,26,31). The normalized spacial score (nSPS) is 11.7. The van der Waals surface area contributed by atoms with E-state index >= 15 is 0 Å². The molecule has 0 radical (unpaired) electrons. The van der Waals surface area contributed by atoms with E-state index < -0.39 is 0 Å². The van der Waals surface area contributed by atoms with Crippen LogP contribution in [0.15, 0.2) is 53.6 Å². The van der Waals surface area contributed by atoms with E-state index in [4.69, 9.17) is 5.73 Å². The van der Waals surface area contributed by atoms with Crippen LogP contribution in [0.25, 0.3) is 22.2 Å².